The summed E-state index contributed by atoms with van der Waals surface area (Å²) in [7, 11) is 3.93. The van der Waals surface area contributed by atoms with Crippen LogP contribution in [0, 0.1) is 11.3 Å². The van der Waals surface area contributed by atoms with E-state index in [1.54, 1.807) is 18.2 Å². The molecule has 6 nitrogen and oxygen atoms in total. The lowest BCUT2D eigenvalue weighted by atomic mass is 9.96. The van der Waals surface area contributed by atoms with Gasteiger partial charge in [0.1, 0.15) is 11.9 Å². The molecule has 1 aliphatic carbocycles. The molecule has 7 heteroatoms. The molecule has 0 bridgehead atoms. The first-order valence-electron chi connectivity index (χ1n) is 11.5. The molecule has 0 aromatic heterocycles. The monoisotopic (exact) mass is 449 g/mol. The summed E-state index contributed by atoms with van der Waals surface area (Å²) in [6.45, 7) is 7.21. The molecule has 0 unspecified atom stereocenters. The molecular formula is C24H36ClN3O3. The summed E-state index contributed by atoms with van der Waals surface area (Å²) in [4.78, 5) is 29.1. The largest absolute Gasteiger partial charge is 0.489 e. The van der Waals surface area contributed by atoms with E-state index in [4.69, 9.17) is 16.3 Å². The van der Waals surface area contributed by atoms with Gasteiger partial charge < -0.3 is 19.9 Å². The SMILES string of the molecule is CCC1(CC)C[C@@H]1C(=O)N1CCC(Oc2ccc(C(=O)NCCN(C)C)cc2Cl)CC1. The van der Waals surface area contributed by atoms with Gasteiger partial charge in [-0.25, -0.2) is 0 Å². The smallest absolute Gasteiger partial charge is 0.251 e. The molecule has 1 aliphatic heterocycles. The van der Waals surface area contributed by atoms with E-state index < -0.39 is 0 Å². The highest BCUT2D eigenvalue weighted by atomic mass is 35.5. The van der Waals surface area contributed by atoms with Crippen LogP contribution in [0.3, 0.4) is 0 Å². The number of nitrogens with zero attached hydrogens (tertiary/aromatic N) is 2. The number of rotatable bonds is 9. The van der Waals surface area contributed by atoms with Crippen LogP contribution in [0.4, 0.5) is 0 Å². The molecule has 3 rings (SSSR count). The highest BCUT2D eigenvalue weighted by Crippen LogP contribution is 2.58. The van der Waals surface area contributed by atoms with E-state index in [0.29, 0.717) is 28.8 Å². The molecule has 1 aromatic rings. The number of ether oxygens (including phenoxy) is 1. The fourth-order valence-electron chi connectivity index (χ4n) is 4.56. The van der Waals surface area contributed by atoms with Crippen LogP contribution >= 0.6 is 11.6 Å². The first kappa shape index (κ1) is 23.9. The predicted octanol–water partition coefficient (Wildman–Crippen LogP) is 3.83. The summed E-state index contributed by atoms with van der Waals surface area (Å²) in [5.74, 6) is 0.988. The van der Waals surface area contributed by atoms with Gasteiger partial charge in [0.25, 0.3) is 5.91 Å². The fraction of sp³-hybridized carbons (Fsp3) is 0.667. The topological polar surface area (TPSA) is 61.9 Å². The summed E-state index contributed by atoms with van der Waals surface area (Å²) in [5, 5.41) is 3.32. The third kappa shape index (κ3) is 5.72. The molecular weight excluding hydrogens is 414 g/mol. The molecule has 31 heavy (non-hydrogen) atoms. The second-order valence-corrected chi connectivity index (χ2v) is 9.58. The maximum absolute atomic E-state index is 12.8. The number of benzene rings is 1. The van der Waals surface area contributed by atoms with Crippen molar-refractivity contribution in [3.8, 4) is 5.75 Å². The van der Waals surface area contributed by atoms with Gasteiger partial charge >= 0.3 is 0 Å². The summed E-state index contributed by atoms with van der Waals surface area (Å²) < 4.78 is 6.11. The molecule has 0 radical (unpaired) electrons. The molecule has 1 atom stereocenters. The van der Waals surface area contributed by atoms with Crippen LogP contribution in [0.2, 0.25) is 5.02 Å². The second-order valence-electron chi connectivity index (χ2n) is 9.17. The molecule has 1 saturated heterocycles. The number of amides is 2. The molecule has 1 N–H and O–H groups in total. The number of carbonyl (C=O) groups is 2. The van der Waals surface area contributed by atoms with Crippen LogP contribution in [0.1, 0.15) is 56.3 Å². The van der Waals surface area contributed by atoms with Crippen molar-refractivity contribution < 1.29 is 14.3 Å². The Balaban J connectivity index is 1.48. The Bertz CT molecular complexity index is 786. The second kappa shape index (κ2) is 10.2. The maximum atomic E-state index is 12.8. The van der Waals surface area contributed by atoms with Crippen molar-refractivity contribution in [1.29, 1.82) is 0 Å². The molecule has 0 spiro atoms. The van der Waals surface area contributed by atoms with Crippen molar-refractivity contribution >= 4 is 23.4 Å². The minimum absolute atomic E-state index is 0.0302. The molecule has 2 aliphatic rings. The van der Waals surface area contributed by atoms with Gasteiger partial charge in [0, 0.05) is 50.5 Å². The molecule has 1 saturated carbocycles. The van der Waals surface area contributed by atoms with Crippen molar-refractivity contribution in [1.82, 2.24) is 15.1 Å². The number of hydrogen-bond donors (Lipinski definition) is 1. The lowest BCUT2D eigenvalue weighted by Gasteiger charge is -2.33. The van der Waals surface area contributed by atoms with Crippen LogP contribution in [-0.4, -0.2) is 68.0 Å². The van der Waals surface area contributed by atoms with Crippen LogP contribution in [0.5, 0.6) is 5.75 Å². The minimum atomic E-state index is -0.141. The molecule has 2 fully saturated rings. The van der Waals surface area contributed by atoms with Crippen molar-refractivity contribution in [3.05, 3.63) is 28.8 Å². The Hall–Kier alpha value is -1.79. The van der Waals surface area contributed by atoms with Gasteiger partial charge in [-0.05, 0) is 57.0 Å². The summed E-state index contributed by atoms with van der Waals surface area (Å²) in [6, 6.07) is 5.16. The average Bonchev–Trinajstić information content (AvgIpc) is 3.50. The van der Waals surface area contributed by atoms with Crippen LogP contribution < -0.4 is 10.1 Å². The maximum Gasteiger partial charge on any atom is 0.251 e. The summed E-state index contributed by atoms with van der Waals surface area (Å²) in [6.07, 6.45) is 4.84. The highest BCUT2D eigenvalue weighted by molar-refractivity contribution is 6.32. The number of likely N-dealkylation sites (tertiary alicyclic amines) is 1. The fourth-order valence-corrected chi connectivity index (χ4v) is 4.78. The first-order chi connectivity index (χ1) is 14.8. The predicted molar refractivity (Wildman–Crippen MR) is 124 cm³/mol. The van der Waals surface area contributed by atoms with Gasteiger partial charge in [-0.3, -0.25) is 9.59 Å². The van der Waals surface area contributed by atoms with Gasteiger partial charge in [0.05, 0.1) is 5.02 Å². The molecule has 172 valence electrons. The first-order valence-corrected chi connectivity index (χ1v) is 11.9. The Labute approximate surface area is 191 Å². The van der Waals surface area contributed by atoms with Gasteiger partial charge in [-0.15, -0.1) is 0 Å². The molecule has 2 amide bonds. The molecule has 1 aromatic carbocycles. The zero-order valence-corrected chi connectivity index (χ0v) is 20.0. The van der Waals surface area contributed by atoms with Crippen LogP contribution in [-0.2, 0) is 4.79 Å². The van der Waals surface area contributed by atoms with Gasteiger partial charge in [-0.1, -0.05) is 25.4 Å². The number of carbonyl (C=O) groups excluding carboxylic acids is 2. The van der Waals surface area contributed by atoms with E-state index in [0.717, 1.165) is 51.7 Å². The Morgan fingerprint density at radius 2 is 1.90 bits per heavy atom. The van der Waals surface area contributed by atoms with E-state index in [-0.39, 0.29) is 23.3 Å². The Morgan fingerprint density at radius 1 is 1.23 bits per heavy atom. The van der Waals surface area contributed by atoms with E-state index in [1.165, 1.54) is 0 Å². The Kier molecular flexibility index (Phi) is 7.87. The number of piperidine rings is 1. The quantitative estimate of drug-likeness (QED) is 0.622. The third-order valence-corrected chi connectivity index (χ3v) is 7.28. The van der Waals surface area contributed by atoms with Crippen molar-refractivity contribution in [2.45, 2.75) is 52.1 Å². The standard InChI is InChI=1S/C24H36ClN3O3/c1-5-24(6-2)16-19(24)23(30)28-12-9-18(10-13-28)31-21-8-7-17(15-20(21)25)22(29)26-11-14-27(3)4/h7-8,15,18-19H,5-6,9-14,16H2,1-4H3,(H,26,29)/t19-/m1/s1. The minimum Gasteiger partial charge on any atom is -0.489 e. The van der Waals surface area contributed by atoms with Crippen LogP contribution in [0.15, 0.2) is 18.2 Å². The van der Waals surface area contributed by atoms with E-state index >= 15 is 0 Å². The van der Waals surface area contributed by atoms with E-state index in [1.807, 2.05) is 23.9 Å². The lowest BCUT2D eigenvalue weighted by molar-refractivity contribution is -0.135. The normalized spacial score (nSPS) is 20.6. The van der Waals surface area contributed by atoms with Crippen molar-refractivity contribution in [2.24, 2.45) is 11.3 Å². The number of nitrogens with one attached hydrogen (secondary N) is 1. The van der Waals surface area contributed by atoms with Gasteiger partial charge in [0.2, 0.25) is 5.91 Å². The summed E-state index contributed by atoms with van der Waals surface area (Å²) in [5.41, 5.74) is 0.773. The van der Waals surface area contributed by atoms with Crippen LogP contribution in [0.25, 0.3) is 0 Å². The number of likely N-dealkylation sites (N-methyl/N-ethyl adjacent to an activating group) is 1. The Morgan fingerprint density at radius 3 is 2.45 bits per heavy atom. The van der Waals surface area contributed by atoms with E-state index in [9.17, 15) is 9.59 Å². The highest BCUT2D eigenvalue weighted by Gasteiger charge is 2.56. The summed E-state index contributed by atoms with van der Waals surface area (Å²) >= 11 is 6.39. The zero-order chi connectivity index (χ0) is 22.6. The van der Waals surface area contributed by atoms with E-state index in [2.05, 4.69) is 19.2 Å². The third-order valence-electron chi connectivity index (χ3n) is 6.98. The number of hydrogen-bond acceptors (Lipinski definition) is 4. The molecule has 1 heterocycles. The average molecular weight is 450 g/mol. The van der Waals surface area contributed by atoms with Crippen molar-refractivity contribution in [2.75, 3.05) is 40.3 Å². The number of halogens is 1. The van der Waals surface area contributed by atoms with Gasteiger partial charge in [0.15, 0.2) is 0 Å². The lowest BCUT2D eigenvalue weighted by Crippen LogP contribution is -2.43. The van der Waals surface area contributed by atoms with Crippen molar-refractivity contribution in [3.63, 3.8) is 0 Å². The van der Waals surface area contributed by atoms with Gasteiger partial charge in [-0.2, -0.15) is 0 Å². The zero-order valence-electron chi connectivity index (χ0n) is 19.2.